The summed E-state index contributed by atoms with van der Waals surface area (Å²) in [5, 5.41) is 8.97. The fraction of sp³-hybridized carbons (Fsp3) is 0.533. The van der Waals surface area contributed by atoms with Crippen molar-refractivity contribution in [2.45, 2.75) is 31.7 Å². The lowest BCUT2D eigenvalue weighted by molar-refractivity contribution is -0.176. The topological polar surface area (TPSA) is 60.7 Å². The van der Waals surface area contributed by atoms with Crippen molar-refractivity contribution in [1.82, 2.24) is 0 Å². The van der Waals surface area contributed by atoms with Gasteiger partial charge in [0.15, 0.2) is 29.7 Å². The highest BCUT2D eigenvalue weighted by Crippen LogP contribution is 2.38. The summed E-state index contributed by atoms with van der Waals surface area (Å²) in [6, 6.07) is 3.44. The van der Waals surface area contributed by atoms with E-state index in [4.69, 9.17) is 24.2 Å². The molecule has 0 aromatic heterocycles. The van der Waals surface area contributed by atoms with E-state index in [1.54, 1.807) is 22.6 Å². The Balaban J connectivity index is 1.66. The number of hydrogen-bond donors (Lipinski definition) is 0. The van der Waals surface area contributed by atoms with Gasteiger partial charge in [-0.2, -0.15) is 5.26 Å². The molecule has 0 N–H and O–H groups in total. The zero-order chi connectivity index (χ0) is 15.5. The van der Waals surface area contributed by atoms with Crippen LogP contribution in [0.4, 0.5) is 4.39 Å². The number of rotatable bonds is 3. The van der Waals surface area contributed by atoms with Crippen LogP contribution in [-0.2, 0) is 9.47 Å². The number of fused-ring (bicyclic) bond motifs is 1. The number of nitriles is 1. The lowest BCUT2D eigenvalue weighted by Gasteiger charge is -2.29. The van der Waals surface area contributed by atoms with Crippen LogP contribution in [-0.4, -0.2) is 32.2 Å². The summed E-state index contributed by atoms with van der Waals surface area (Å²) in [7, 11) is 0. The Kier molecular flexibility index (Phi) is 5.00. The van der Waals surface area contributed by atoms with Crippen LogP contribution in [0.15, 0.2) is 6.07 Å². The van der Waals surface area contributed by atoms with Crippen LogP contribution in [0.5, 0.6) is 11.5 Å². The highest BCUT2D eigenvalue weighted by molar-refractivity contribution is 14.1. The van der Waals surface area contributed by atoms with Gasteiger partial charge < -0.3 is 18.9 Å². The standard InChI is InChI=1S/C15H15FINO4/c16-13-14(17)9(6-18)5-11-15(13)22-10(7-20-11)8-21-12-3-1-2-4-19-12/h5,10,12H,1-4,7-8H2. The second-order valence-corrected chi connectivity index (χ2v) is 6.25. The Morgan fingerprint density at radius 1 is 1.45 bits per heavy atom. The largest absolute Gasteiger partial charge is 0.486 e. The van der Waals surface area contributed by atoms with Crippen LogP contribution in [0.1, 0.15) is 24.8 Å². The molecule has 2 atom stereocenters. The molecule has 22 heavy (non-hydrogen) atoms. The Labute approximate surface area is 141 Å². The summed E-state index contributed by atoms with van der Waals surface area (Å²) in [4.78, 5) is 0. The molecule has 0 aliphatic carbocycles. The summed E-state index contributed by atoms with van der Waals surface area (Å²) in [6.07, 6.45) is 2.39. The molecule has 5 nitrogen and oxygen atoms in total. The summed E-state index contributed by atoms with van der Waals surface area (Å²) < 4.78 is 36.8. The third-order valence-corrected chi connectivity index (χ3v) is 4.62. The predicted molar refractivity (Wildman–Crippen MR) is 83.3 cm³/mol. The highest BCUT2D eigenvalue weighted by atomic mass is 127. The van der Waals surface area contributed by atoms with Crippen molar-refractivity contribution < 1.29 is 23.3 Å². The van der Waals surface area contributed by atoms with Crippen molar-refractivity contribution in [3.8, 4) is 17.6 Å². The Morgan fingerprint density at radius 3 is 3.05 bits per heavy atom. The molecule has 2 aliphatic rings. The number of nitrogens with zero attached hydrogens (tertiary/aromatic N) is 1. The van der Waals surface area contributed by atoms with E-state index in [9.17, 15) is 4.39 Å². The summed E-state index contributed by atoms with van der Waals surface area (Å²) >= 11 is 1.79. The fourth-order valence-corrected chi connectivity index (χ4v) is 2.93. The van der Waals surface area contributed by atoms with Crippen molar-refractivity contribution in [2.75, 3.05) is 19.8 Å². The van der Waals surface area contributed by atoms with Gasteiger partial charge in [-0.05, 0) is 41.9 Å². The maximum atomic E-state index is 14.3. The quantitative estimate of drug-likeness (QED) is 0.706. The van der Waals surface area contributed by atoms with Gasteiger partial charge in [0.2, 0.25) is 0 Å². The van der Waals surface area contributed by atoms with Crippen LogP contribution in [0.2, 0.25) is 0 Å². The summed E-state index contributed by atoms with van der Waals surface area (Å²) in [5.41, 5.74) is 0.241. The van der Waals surface area contributed by atoms with Gasteiger partial charge in [0.25, 0.3) is 0 Å². The van der Waals surface area contributed by atoms with E-state index in [2.05, 4.69) is 0 Å². The fourth-order valence-electron chi connectivity index (χ4n) is 2.41. The van der Waals surface area contributed by atoms with Crippen molar-refractivity contribution in [3.63, 3.8) is 0 Å². The number of hydrogen-bond acceptors (Lipinski definition) is 5. The van der Waals surface area contributed by atoms with Crippen LogP contribution in [0.25, 0.3) is 0 Å². The van der Waals surface area contributed by atoms with Crippen LogP contribution < -0.4 is 9.47 Å². The third-order valence-electron chi connectivity index (χ3n) is 3.56. The molecule has 0 spiro atoms. The molecule has 1 fully saturated rings. The van der Waals surface area contributed by atoms with Gasteiger partial charge in [-0.25, -0.2) is 4.39 Å². The first-order valence-electron chi connectivity index (χ1n) is 7.14. The average Bonchev–Trinajstić information content (AvgIpc) is 2.57. The zero-order valence-corrected chi connectivity index (χ0v) is 14.0. The molecule has 0 bridgehead atoms. The Morgan fingerprint density at radius 2 is 2.32 bits per heavy atom. The SMILES string of the molecule is N#Cc1cc2c(c(F)c1I)OC(COC1CCCCO1)CO2. The van der Waals surface area contributed by atoms with Crippen molar-refractivity contribution >= 4 is 22.6 Å². The minimum atomic E-state index is -0.562. The first kappa shape index (κ1) is 15.8. The highest BCUT2D eigenvalue weighted by Gasteiger charge is 2.28. The van der Waals surface area contributed by atoms with Gasteiger partial charge in [-0.3, -0.25) is 0 Å². The minimum Gasteiger partial charge on any atom is -0.486 e. The molecule has 1 aromatic rings. The minimum absolute atomic E-state index is 0.0489. The first-order chi connectivity index (χ1) is 10.7. The van der Waals surface area contributed by atoms with Gasteiger partial charge >= 0.3 is 0 Å². The molecule has 0 amide bonds. The maximum absolute atomic E-state index is 14.3. The molecular weight excluding hydrogens is 404 g/mol. The van der Waals surface area contributed by atoms with Gasteiger partial charge in [0, 0.05) is 12.7 Å². The molecule has 1 saturated heterocycles. The Bertz CT molecular complexity index is 598. The molecule has 0 saturated carbocycles. The van der Waals surface area contributed by atoms with Gasteiger partial charge in [0.1, 0.15) is 12.7 Å². The molecule has 3 rings (SSSR count). The second-order valence-electron chi connectivity index (χ2n) is 5.17. The summed E-state index contributed by atoms with van der Waals surface area (Å²) in [5.74, 6) is -0.249. The smallest absolute Gasteiger partial charge is 0.198 e. The van der Waals surface area contributed by atoms with Crippen molar-refractivity contribution in [2.24, 2.45) is 0 Å². The van der Waals surface area contributed by atoms with Crippen LogP contribution in [0.3, 0.4) is 0 Å². The summed E-state index contributed by atoms with van der Waals surface area (Å²) in [6.45, 7) is 1.24. The monoisotopic (exact) mass is 419 g/mol. The normalized spacial score (nSPS) is 23.9. The number of benzene rings is 1. The van der Waals surface area contributed by atoms with E-state index >= 15 is 0 Å². The molecule has 0 radical (unpaired) electrons. The molecule has 2 heterocycles. The van der Waals surface area contributed by atoms with E-state index in [0.717, 1.165) is 19.3 Å². The molecular formula is C15H15FINO4. The molecule has 1 aromatic carbocycles. The maximum Gasteiger partial charge on any atom is 0.198 e. The second kappa shape index (κ2) is 6.98. The van der Waals surface area contributed by atoms with Crippen LogP contribution >= 0.6 is 22.6 Å². The van der Waals surface area contributed by atoms with Gasteiger partial charge in [-0.1, -0.05) is 0 Å². The molecule has 118 valence electrons. The molecule has 7 heteroatoms. The third kappa shape index (κ3) is 3.29. The Hall–Kier alpha value is -1.11. The van der Waals surface area contributed by atoms with Gasteiger partial charge in [-0.15, -0.1) is 0 Å². The van der Waals surface area contributed by atoms with E-state index in [1.165, 1.54) is 6.07 Å². The zero-order valence-electron chi connectivity index (χ0n) is 11.8. The van der Waals surface area contributed by atoms with E-state index in [0.29, 0.717) is 6.61 Å². The van der Waals surface area contributed by atoms with E-state index < -0.39 is 11.9 Å². The van der Waals surface area contributed by atoms with Crippen molar-refractivity contribution in [1.29, 1.82) is 5.26 Å². The lowest BCUT2D eigenvalue weighted by atomic mass is 10.2. The van der Waals surface area contributed by atoms with Gasteiger partial charge in [0.05, 0.1) is 15.7 Å². The number of ether oxygens (including phenoxy) is 4. The molecule has 2 unspecified atom stereocenters. The van der Waals surface area contributed by atoms with E-state index in [1.807, 2.05) is 6.07 Å². The predicted octanol–water partition coefficient (Wildman–Crippen LogP) is 2.98. The lowest BCUT2D eigenvalue weighted by Crippen LogP contribution is -2.36. The van der Waals surface area contributed by atoms with Crippen LogP contribution in [0, 0.1) is 20.7 Å². The average molecular weight is 419 g/mol. The number of halogens is 2. The van der Waals surface area contributed by atoms with Crippen molar-refractivity contribution in [3.05, 3.63) is 21.0 Å². The molecule has 2 aliphatic heterocycles. The first-order valence-corrected chi connectivity index (χ1v) is 8.21. The van der Waals surface area contributed by atoms with E-state index in [-0.39, 0.29) is 40.1 Å².